The molecule has 4 nitrogen and oxygen atoms in total. The summed E-state index contributed by atoms with van der Waals surface area (Å²) in [6.45, 7) is 4.40. The highest BCUT2D eigenvalue weighted by molar-refractivity contribution is 6.30. The third kappa shape index (κ3) is 5.33. The van der Waals surface area contributed by atoms with Crippen molar-refractivity contribution in [2.24, 2.45) is 5.92 Å². The molecule has 0 heterocycles. The number of hydrogen-bond acceptors (Lipinski definition) is 4. The zero-order chi connectivity index (χ0) is 18.2. The standard InChI is InChI=1S/C20H21ClO4/c1-3-24-17-7-5-6-14(12-17)13-18(20(23)25-4-2)19(22)15-8-10-16(21)11-9-15/h5-12,18H,3-4,13H2,1-2H3. The molecule has 132 valence electrons. The molecule has 0 amide bonds. The number of benzene rings is 2. The van der Waals surface area contributed by atoms with Gasteiger partial charge < -0.3 is 9.47 Å². The largest absolute Gasteiger partial charge is 0.494 e. The van der Waals surface area contributed by atoms with E-state index in [1.165, 1.54) is 0 Å². The van der Waals surface area contributed by atoms with Gasteiger partial charge in [0.15, 0.2) is 5.78 Å². The van der Waals surface area contributed by atoms with E-state index in [1.807, 2.05) is 31.2 Å². The first-order valence-electron chi connectivity index (χ1n) is 8.23. The van der Waals surface area contributed by atoms with Crippen LogP contribution in [0.25, 0.3) is 0 Å². The summed E-state index contributed by atoms with van der Waals surface area (Å²) in [6.07, 6.45) is 0.251. The van der Waals surface area contributed by atoms with Crippen LogP contribution in [0.15, 0.2) is 48.5 Å². The molecule has 0 radical (unpaired) electrons. The van der Waals surface area contributed by atoms with E-state index in [1.54, 1.807) is 31.2 Å². The van der Waals surface area contributed by atoms with Crippen LogP contribution in [0, 0.1) is 5.92 Å². The summed E-state index contributed by atoms with van der Waals surface area (Å²) in [5.41, 5.74) is 1.27. The molecule has 2 aromatic carbocycles. The lowest BCUT2D eigenvalue weighted by atomic mass is 9.91. The van der Waals surface area contributed by atoms with Crippen LogP contribution in [0.1, 0.15) is 29.8 Å². The predicted octanol–water partition coefficient (Wildman–Crippen LogP) is 4.34. The fourth-order valence-corrected chi connectivity index (χ4v) is 2.63. The van der Waals surface area contributed by atoms with Crippen LogP contribution in [-0.4, -0.2) is 25.0 Å². The van der Waals surface area contributed by atoms with E-state index in [0.717, 1.165) is 5.56 Å². The molecule has 0 aliphatic rings. The molecule has 0 aromatic heterocycles. The van der Waals surface area contributed by atoms with Crippen molar-refractivity contribution in [1.29, 1.82) is 0 Å². The molecular weight excluding hydrogens is 340 g/mol. The lowest BCUT2D eigenvalue weighted by molar-refractivity contribution is -0.146. The van der Waals surface area contributed by atoms with Gasteiger partial charge in [-0.2, -0.15) is 0 Å². The van der Waals surface area contributed by atoms with Crippen molar-refractivity contribution in [2.45, 2.75) is 20.3 Å². The molecule has 0 N–H and O–H groups in total. The molecule has 0 spiro atoms. The van der Waals surface area contributed by atoms with Gasteiger partial charge in [0, 0.05) is 10.6 Å². The number of ketones is 1. The zero-order valence-electron chi connectivity index (χ0n) is 14.3. The van der Waals surface area contributed by atoms with Crippen molar-refractivity contribution >= 4 is 23.4 Å². The van der Waals surface area contributed by atoms with Gasteiger partial charge in [-0.15, -0.1) is 0 Å². The molecule has 1 atom stereocenters. The van der Waals surface area contributed by atoms with Crippen LogP contribution < -0.4 is 4.74 Å². The Hall–Kier alpha value is -2.33. The van der Waals surface area contributed by atoms with Gasteiger partial charge in [-0.1, -0.05) is 23.7 Å². The third-order valence-corrected chi connectivity index (χ3v) is 3.92. The Balaban J connectivity index is 2.26. The van der Waals surface area contributed by atoms with E-state index in [-0.39, 0.29) is 18.8 Å². The Morgan fingerprint density at radius 3 is 2.40 bits per heavy atom. The molecule has 1 unspecified atom stereocenters. The smallest absolute Gasteiger partial charge is 0.317 e. The van der Waals surface area contributed by atoms with Crippen molar-refractivity contribution in [3.8, 4) is 5.75 Å². The van der Waals surface area contributed by atoms with Crippen LogP contribution >= 0.6 is 11.6 Å². The molecule has 25 heavy (non-hydrogen) atoms. The Kier molecular flexibility index (Phi) is 7.02. The normalized spacial score (nSPS) is 11.6. The second-order valence-corrected chi connectivity index (χ2v) is 5.90. The average Bonchev–Trinajstić information content (AvgIpc) is 2.60. The first kappa shape index (κ1) is 19.0. The number of hydrogen-bond donors (Lipinski definition) is 0. The van der Waals surface area contributed by atoms with Gasteiger partial charge in [0.1, 0.15) is 11.7 Å². The van der Waals surface area contributed by atoms with E-state index in [2.05, 4.69) is 0 Å². The lowest BCUT2D eigenvalue weighted by Crippen LogP contribution is -2.28. The summed E-state index contributed by atoms with van der Waals surface area (Å²) >= 11 is 5.87. The highest BCUT2D eigenvalue weighted by Gasteiger charge is 2.29. The minimum Gasteiger partial charge on any atom is -0.494 e. The second-order valence-electron chi connectivity index (χ2n) is 5.46. The van der Waals surface area contributed by atoms with E-state index in [0.29, 0.717) is 22.9 Å². The first-order valence-corrected chi connectivity index (χ1v) is 8.61. The molecule has 0 bridgehead atoms. The van der Waals surface area contributed by atoms with E-state index in [9.17, 15) is 9.59 Å². The predicted molar refractivity (Wildman–Crippen MR) is 97.2 cm³/mol. The summed E-state index contributed by atoms with van der Waals surface area (Å²) in [7, 11) is 0. The second kappa shape index (κ2) is 9.23. The Morgan fingerprint density at radius 2 is 1.76 bits per heavy atom. The molecule has 2 rings (SSSR count). The maximum Gasteiger partial charge on any atom is 0.317 e. The van der Waals surface area contributed by atoms with Gasteiger partial charge in [-0.05, 0) is 62.2 Å². The van der Waals surface area contributed by atoms with Crippen molar-refractivity contribution in [1.82, 2.24) is 0 Å². The highest BCUT2D eigenvalue weighted by Crippen LogP contribution is 2.21. The van der Waals surface area contributed by atoms with Crippen molar-refractivity contribution in [2.75, 3.05) is 13.2 Å². The van der Waals surface area contributed by atoms with Crippen molar-refractivity contribution < 1.29 is 19.1 Å². The van der Waals surface area contributed by atoms with Crippen LogP contribution in [0.3, 0.4) is 0 Å². The number of halogens is 1. The monoisotopic (exact) mass is 360 g/mol. The summed E-state index contributed by atoms with van der Waals surface area (Å²) in [5.74, 6) is -0.999. The molecule has 0 saturated carbocycles. The maximum absolute atomic E-state index is 12.8. The van der Waals surface area contributed by atoms with Crippen molar-refractivity contribution in [3.63, 3.8) is 0 Å². The van der Waals surface area contributed by atoms with Crippen molar-refractivity contribution in [3.05, 3.63) is 64.7 Å². The van der Waals surface area contributed by atoms with E-state index < -0.39 is 11.9 Å². The van der Waals surface area contributed by atoms with Crippen LogP contribution in [0.5, 0.6) is 5.75 Å². The average molecular weight is 361 g/mol. The van der Waals surface area contributed by atoms with Gasteiger partial charge in [-0.3, -0.25) is 9.59 Å². The Bertz CT molecular complexity index is 725. The Morgan fingerprint density at radius 1 is 1.04 bits per heavy atom. The number of carbonyl (C=O) groups is 2. The van der Waals surface area contributed by atoms with Gasteiger partial charge in [0.2, 0.25) is 0 Å². The summed E-state index contributed by atoms with van der Waals surface area (Å²) in [5, 5.41) is 0.536. The van der Waals surface area contributed by atoms with Crippen LogP contribution in [0.2, 0.25) is 5.02 Å². The SMILES string of the molecule is CCOC(=O)C(Cc1cccc(OCC)c1)C(=O)c1ccc(Cl)cc1. The summed E-state index contributed by atoms with van der Waals surface area (Å²) in [6, 6.07) is 13.9. The number of Topliss-reactive ketones (excluding diaryl/α,β-unsaturated/α-hetero) is 1. The molecular formula is C20H21ClO4. The minimum absolute atomic E-state index is 0.224. The lowest BCUT2D eigenvalue weighted by Gasteiger charge is -2.15. The first-order chi connectivity index (χ1) is 12.0. The van der Waals surface area contributed by atoms with E-state index in [4.69, 9.17) is 21.1 Å². The van der Waals surface area contributed by atoms with Gasteiger partial charge >= 0.3 is 5.97 Å². The molecule has 0 saturated heterocycles. The Labute approximate surface area is 152 Å². The number of rotatable bonds is 8. The third-order valence-electron chi connectivity index (χ3n) is 3.67. The van der Waals surface area contributed by atoms with Gasteiger partial charge in [0.25, 0.3) is 0 Å². The van der Waals surface area contributed by atoms with Crippen LogP contribution in [-0.2, 0) is 16.0 Å². The van der Waals surface area contributed by atoms with Crippen LogP contribution in [0.4, 0.5) is 0 Å². The maximum atomic E-state index is 12.8. The molecule has 5 heteroatoms. The topological polar surface area (TPSA) is 52.6 Å². The molecule has 0 fully saturated rings. The fourth-order valence-electron chi connectivity index (χ4n) is 2.51. The summed E-state index contributed by atoms with van der Waals surface area (Å²) in [4.78, 5) is 25.2. The fraction of sp³-hybridized carbons (Fsp3) is 0.300. The molecule has 0 aliphatic carbocycles. The van der Waals surface area contributed by atoms with Gasteiger partial charge in [-0.25, -0.2) is 0 Å². The minimum atomic E-state index is -0.905. The highest BCUT2D eigenvalue weighted by atomic mass is 35.5. The molecule has 0 aliphatic heterocycles. The van der Waals surface area contributed by atoms with E-state index >= 15 is 0 Å². The summed E-state index contributed by atoms with van der Waals surface area (Å²) < 4.78 is 10.6. The number of carbonyl (C=O) groups excluding carboxylic acids is 2. The number of ether oxygens (including phenoxy) is 2. The molecule has 2 aromatic rings. The number of esters is 1. The quantitative estimate of drug-likeness (QED) is 0.399. The van der Waals surface area contributed by atoms with Gasteiger partial charge in [0.05, 0.1) is 13.2 Å². The zero-order valence-corrected chi connectivity index (χ0v) is 15.1.